The van der Waals surface area contributed by atoms with E-state index in [2.05, 4.69) is 29.1 Å². The normalized spacial score (nSPS) is 22.7. The molecule has 2 aromatic rings. The van der Waals surface area contributed by atoms with Crippen LogP contribution in [-0.4, -0.2) is 39.5 Å². The van der Waals surface area contributed by atoms with Crippen molar-refractivity contribution in [1.82, 2.24) is 14.7 Å². The van der Waals surface area contributed by atoms with Crippen LogP contribution in [-0.2, 0) is 13.1 Å². The Morgan fingerprint density at radius 3 is 3.00 bits per heavy atom. The van der Waals surface area contributed by atoms with Crippen molar-refractivity contribution in [3.8, 4) is 0 Å². The Balaban J connectivity index is 1.47. The Bertz CT molecular complexity index is 564. The Morgan fingerprint density at radius 2 is 2.33 bits per heavy atom. The average Bonchev–Trinajstić information content (AvgIpc) is 2.83. The number of nitrogens with zero attached hydrogens (tertiary/aromatic N) is 3. The first kappa shape index (κ1) is 14.4. The van der Waals surface area contributed by atoms with E-state index in [1.165, 1.54) is 6.42 Å². The lowest BCUT2D eigenvalue weighted by Crippen LogP contribution is -2.31. The fraction of sp³-hybridized carbons (Fsp3) is 0.562. The summed E-state index contributed by atoms with van der Waals surface area (Å²) in [6, 6.07) is 6.01. The SMILES string of the molecule is C[C@@H]1C[C@@H]1c1ccc(CN(C)C[C@@H](O)Cn2cccn2)o1. The monoisotopic (exact) mass is 289 g/mol. The van der Waals surface area contributed by atoms with Gasteiger partial charge >= 0.3 is 0 Å². The summed E-state index contributed by atoms with van der Waals surface area (Å²) in [5.41, 5.74) is 0. The third kappa shape index (κ3) is 3.74. The maximum Gasteiger partial charge on any atom is 0.118 e. The van der Waals surface area contributed by atoms with Gasteiger partial charge in [-0.3, -0.25) is 9.58 Å². The van der Waals surface area contributed by atoms with Gasteiger partial charge in [0.1, 0.15) is 11.5 Å². The lowest BCUT2D eigenvalue weighted by Gasteiger charge is -2.19. The van der Waals surface area contributed by atoms with Crippen LogP contribution in [0, 0.1) is 5.92 Å². The molecule has 3 atom stereocenters. The summed E-state index contributed by atoms with van der Waals surface area (Å²) in [7, 11) is 1.99. The summed E-state index contributed by atoms with van der Waals surface area (Å²) >= 11 is 0. The Kier molecular flexibility index (Phi) is 4.12. The molecular formula is C16H23N3O2. The molecular weight excluding hydrogens is 266 g/mol. The number of hydrogen-bond donors (Lipinski definition) is 1. The van der Waals surface area contributed by atoms with Gasteiger partial charge in [0.15, 0.2) is 0 Å². The van der Waals surface area contributed by atoms with Crippen molar-refractivity contribution in [3.05, 3.63) is 42.1 Å². The molecule has 0 bridgehead atoms. The number of hydrogen-bond acceptors (Lipinski definition) is 4. The predicted molar refractivity (Wildman–Crippen MR) is 79.8 cm³/mol. The van der Waals surface area contributed by atoms with Crippen LogP contribution < -0.4 is 0 Å². The minimum atomic E-state index is -0.437. The fourth-order valence-corrected chi connectivity index (χ4v) is 2.77. The van der Waals surface area contributed by atoms with E-state index in [1.54, 1.807) is 10.9 Å². The molecule has 0 spiro atoms. The van der Waals surface area contributed by atoms with Crippen molar-refractivity contribution >= 4 is 0 Å². The summed E-state index contributed by atoms with van der Waals surface area (Å²) in [4.78, 5) is 2.08. The zero-order valence-electron chi connectivity index (χ0n) is 12.6. The van der Waals surface area contributed by atoms with Crippen molar-refractivity contribution in [3.63, 3.8) is 0 Å². The Hall–Kier alpha value is -1.59. The highest BCUT2D eigenvalue weighted by Gasteiger charge is 2.36. The van der Waals surface area contributed by atoms with Gasteiger partial charge in [0.05, 0.1) is 19.2 Å². The summed E-state index contributed by atoms with van der Waals surface area (Å²) in [6.07, 6.45) is 4.39. The van der Waals surface area contributed by atoms with Gasteiger partial charge < -0.3 is 9.52 Å². The summed E-state index contributed by atoms with van der Waals surface area (Å²) in [5, 5.41) is 14.2. The first-order chi connectivity index (χ1) is 10.1. The number of aromatic nitrogens is 2. The molecule has 1 saturated carbocycles. The smallest absolute Gasteiger partial charge is 0.118 e. The lowest BCUT2D eigenvalue weighted by atomic mass is 10.3. The molecule has 114 valence electrons. The van der Waals surface area contributed by atoms with Crippen molar-refractivity contribution in [2.45, 2.75) is 38.5 Å². The minimum absolute atomic E-state index is 0.437. The third-order valence-electron chi connectivity index (χ3n) is 4.06. The second kappa shape index (κ2) is 6.03. The molecule has 0 unspecified atom stereocenters. The summed E-state index contributed by atoms with van der Waals surface area (Å²) in [6.45, 7) is 4.08. The quantitative estimate of drug-likeness (QED) is 0.848. The number of aliphatic hydroxyl groups excluding tert-OH is 1. The highest BCUT2D eigenvalue weighted by molar-refractivity contribution is 5.17. The van der Waals surface area contributed by atoms with Gasteiger partial charge in [-0.15, -0.1) is 0 Å². The Labute approximate surface area is 125 Å². The Morgan fingerprint density at radius 1 is 1.52 bits per heavy atom. The van der Waals surface area contributed by atoms with E-state index in [-0.39, 0.29) is 0 Å². The van der Waals surface area contributed by atoms with Crippen molar-refractivity contribution in [1.29, 1.82) is 0 Å². The zero-order valence-corrected chi connectivity index (χ0v) is 12.6. The number of furan rings is 1. The first-order valence-corrected chi connectivity index (χ1v) is 7.54. The van der Waals surface area contributed by atoms with E-state index in [0.29, 0.717) is 19.0 Å². The second-order valence-electron chi connectivity index (χ2n) is 6.20. The number of rotatable bonds is 7. The molecule has 2 aromatic heterocycles. The van der Waals surface area contributed by atoms with Crippen LogP contribution in [0.5, 0.6) is 0 Å². The molecule has 2 heterocycles. The topological polar surface area (TPSA) is 54.4 Å². The maximum absolute atomic E-state index is 10.1. The highest BCUT2D eigenvalue weighted by Crippen LogP contribution is 2.47. The third-order valence-corrected chi connectivity index (χ3v) is 4.06. The molecule has 1 N–H and O–H groups in total. The van der Waals surface area contributed by atoms with Gasteiger partial charge in [0.2, 0.25) is 0 Å². The van der Waals surface area contributed by atoms with Crippen LogP contribution in [0.4, 0.5) is 0 Å². The molecule has 1 fully saturated rings. The zero-order chi connectivity index (χ0) is 14.8. The van der Waals surface area contributed by atoms with Gasteiger partial charge in [-0.2, -0.15) is 5.10 Å². The molecule has 5 heteroatoms. The highest BCUT2D eigenvalue weighted by atomic mass is 16.3. The molecule has 0 amide bonds. The van der Waals surface area contributed by atoms with E-state index >= 15 is 0 Å². The lowest BCUT2D eigenvalue weighted by molar-refractivity contribution is 0.101. The van der Waals surface area contributed by atoms with Crippen LogP contribution in [0.15, 0.2) is 35.0 Å². The van der Waals surface area contributed by atoms with Gasteiger partial charge in [0, 0.05) is 24.9 Å². The second-order valence-corrected chi connectivity index (χ2v) is 6.20. The number of likely N-dealkylation sites (N-methyl/N-ethyl adjacent to an activating group) is 1. The molecule has 0 aromatic carbocycles. The molecule has 0 aliphatic heterocycles. The molecule has 0 radical (unpaired) electrons. The van der Waals surface area contributed by atoms with Crippen LogP contribution in [0.2, 0.25) is 0 Å². The van der Waals surface area contributed by atoms with Gasteiger partial charge in [0.25, 0.3) is 0 Å². The molecule has 1 aliphatic rings. The van der Waals surface area contributed by atoms with E-state index in [1.807, 2.05) is 19.3 Å². The minimum Gasteiger partial charge on any atom is -0.464 e. The summed E-state index contributed by atoms with van der Waals surface area (Å²) in [5.74, 6) is 3.47. The van der Waals surface area contributed by atoms with Crippen LogP contribution in [0.25, 0.3) is 0 Å². The predicted octanol–water partition coefficient (Wildman–Crippen LogP) is 2.09. The molecule has 1 aliphatic carbocycles. The van der Waals surface area contributed by atoms with Crippen molar-refractivity contribution in [2.24, 2.45) is 5.92 Å². The maximum atomic E-state index is 10.1. The van der Waals surface area contributed by atoms with Crippen LogP contribution >= 0.6 is 0 Å². The molecule has 0 saturated heterocycles. The summed E-state index contributed by atoms with van der Waals surface area (Å²) < 4.78 is 7.64. The van der Waals surface area contributed by atoms with Crippen molar-refractivity contribution in [2.75, 3.05) is 13.6 Å². The molecule has 5 nitrogen and oxygen atoms in total. The van der Waals surface area contributed by atoms with E-state index in [9.17, 15) is 5.11 Å². The molecule has 21 heavy (non-hydrogen) atoms. The van der Waals surface area contributed by atoms with E-state index in [4.69, 9.17) is 4.42 Å². The van der Waals surface area contributed by atoms with Gasteiger partial charge in [-0.1, -0.05) is 6.92 Å². The standard InChI is InChI=1S/C16H23N3O2/c1-12-8-15(12)16-5-4-14(21-16)11-18(2)9-13(20)10-19-7-3-6-17-19/h3-7,12-13,15,20H,8-11H2,1-2H3/t12-,13-,15+/m1/s1. The largest absolute Gasteiger partial charge is 0.464 e. The first-order valence-electron chi connectivity index (χ1n) is 7.54. The average molecular weight is 289 g/mol. The van der Waals surface area contributed by atoms with Gasteiger partial charge in [-0.05, 0) is 37.6 Å². The van der Waals surface area contributed by atoms with Gasteiger partial charge in [-0.25, -0.2) is 0 Å². The van der Waals surface area contributed by atoms with E-state index < -0.39 is 6.10 Å². The fourth-order valence-electron chi connectivity index (χ4n) is 2.77. The molecule has 3 rings (SSSR count). The van der Waals surface area contributed by atoms with Crippen molar-refractivity contribution < 1.29 is 9.52 Å². The van der Waals surface area contributed by atoms with Crippen LogP contribution in [0.3, 0.4) is 0 Å². The van der Waals surface area contributed by atoms with E-state index in [0.717, 1.165) is 24.0 Å². The number of aliphatic hydroxyl groups is 1. The van der Waals surface area contributed by atoms with Crippen LogP contribution in [0.1, 0.15) is 30.8 Å².